The highest BCUT2D eigenvalue weighted by Gasteiger charge is 2.37. The maximum Gasteiger partial charge on any atom is 0.411 e. The lowest BCUT2D eigenvalue weighted by Gasteiger charge is -2.28. The van der Waals surface area contributed by atoms with Gasteiger partial charge in [0.15, 0.2) is 0 Å². The maximum atomic E-state index is 12.5. The highest BCUT2D eigenvalue weighted by atomic mass is 16.6. The number of rotatable bonds is 3. The van der Waals surface area contributed by atoms with Crippen LogP contribution in [0.1, 0.15) is 59.8 Å². The van der Waals surface area contributed by atoms with Crippen LogP contribution in [0.15, 0.2) is 0 Å². The summed E-state index contributed by atoms with van der Waals surface area (Å²) < 4.78 is 5.49. The van der Waals surface area contributed by atoms with E-state index >= 15 is 0 Å². The Kier molecular flexibility index (Phi) is 6.10. The molecule has 138 valence electrons. The minimum Gasteiger partial charge on any atom is -0.444 e. The molecule has 2 atom stereocenters. The van der Waals surface area contributed by atoms with Gasteiger partial charge in [0.25, 0.3) is 0 Å². The van der Waals surface area contributed by atoms with Gasteiger partial charge in [-0.15, -0.1) is 0 Å². The summed E-state index contributed by atoms with van der Waals surface area (Å²) in [6.07, 6.45) is 3.10. The fourth-order valence-electron chi connectivity index (χ4n) is 3.28. The molecular formula is C19H28N2O4. The van der Waals surface area contributed by atoms with E-state index in [4.69, 9.17) is 4.74 Å². The van der Waals surface area contributed by atoms with E-state index in [1.54, 1.807) is 4.90 Å². The Labute approximate surface area is 149 Å². The molecule has 0 radical (unpaired) electrons. The molecule has 2 aliphatic heterocycles. The van der Waals surface area contributed by atoms with Gasteiger partial charge in [0.05, 0.1) is 12.6 Å². The molecule has 6 heteroatoms. The van der Waals surface area contributed by atoms with E-state index < -0.39 is 5.60 Å². The first kappa shape index (κ1) is 19.3. The molecule has 6 nitrogen and oxygen atoms in total. The lowest BCUT2D eigenvalue weighted by Crippen LogP contribution is -2.41. The van der Waals surface area contributed by atoms with Crippen LogP contribution in [-0.4, -0.2) is 52.4 Å². The molecule has 0 unspecified atom stereocenters. The average molecular weight is 348 g/mol. The van der Waals surface area contributed by atoms with Crippen LogP contribution in [0.25, 0.3) is 0 Å². The lowest BCUT2D eigenvalue weighted by molar-refractivity contribution is -0.137. The molecule has 2 aliphatic rings. The number of likely N-dealkylation sites (tertiary alicyclic amines) is 2. The number of carbonyl (C=O) groups is 3. The van der Waals surface area contributed by atoms with E-state index in [0.29, 0.717) is 12.5 Å². The van der Waals surface area contributed by atoms with Gasteiger partial charge in [-0.25, -0.2) is 4.79 Å². The number of imide groups is 1. The summed E-state index contributed by atoms with van der Waals surface area (Å²) >= 11 is 0. The van der Waals surface area contributed by atoms with E-state index in [9.17, 15) is 14.4 Å². The van der Waals surface area contributed by atoms with E-state index in [0.717, 1.165) is 19.3 Å². The van der Waals surface area contributed by atoms with E-state index in [-0.39, 0.29) is 43.3 Å². The minimum atomic E-state index is -0.549. The Morgan fingerprint density at radius 1 is 1.24 bits per heavy atom. The molecule has 0 aromatic rings. The van der Waals surface area contributed by atoms with E-state index in [2.05, 4.69) is 18.8 Å². The SMILES string of the molecule is CCC[C@@H]1CCN(C(=O)OC(C)(C)C)[C@H]1C#CCN1C(=O)CCC1=O. The third kappa shape index (κ3) is 4.97. The van der Waals surface area contributed by atoms with Crippen LogP contribution >= 0.6 is 0 Å². The Hall–Kier alpha value is -2.03. The van der Waals surface area contributed by atoms with E-state index in [1.165, 1.54) is 4.90 Å². The highest BCUT2D eigenvalue weighted by molar-refractivity contribution is 6.02. The van der Waals surface area contributed by atoms with Gasteiger partial charge in [-0.05, 0) is 39.5 Å². The van der Waals surface area contributed by atoms with Crippen LogP contribution in [0.4, 0.5) is 4.79 Å². The summed E-state index contributed by atoms with van der Waals surface area (Å²) in [7, 11) is 0. The molecule has 0 aliphatic carbocycles. The van der Waals surface area contributed by atoms with Crippen molar-refractivity contribution in [2.24, 2.45) is 5.92 Å². The molecule has 3 amide bonds. The van der Waals surface area contributed by atoms with Crippen molar-refractivity contribution >= 4 is 17.9 Å². The first-order valence-electron chi connectivity index (χ1n) is 9.04. The van der Waals surface area contributed by atoms with Crippen molar-refractivity contribution in [3.05, 3.63) is 0 Å². The molecule has 2 fully saturated rings. The fraction of sp³-hybridized carbons (Fsp3) is 0.737. The number of nitrogens with zero attached hydrogens (tertiary/aromatic N) is 2. The Morgan fingerprint density at radius 3 is 2.44 bits per heavy atom. The summed E-state index contributed by atoms with van der Waals surface area (Å²) in [5.74, 6) is 6.05. The molecule has 0 aromatic carbocycles. The summed E-state index contributed by atoms with van der Waals surface area (Å²) in [5, 5.41) is 0. The normalized spacial score (nSPS) is 23.7. The van der Waals surface area contributed by atoms with Crippen molar-refractivity contribution in [2.75, 3.05) is 13.1 Å². The largest absolute Gasteiger partial charge is 0.444 e. The van der Waals surface area contributed by atoms with E-state index in [1.807, 2.05) is 20.8 Å². The average Bonchev–Trinajstić information content (AvgIpc) is 3.04. The van der Waals surface area contributed by atoms with Gasteiger partial charge in [-0.3, -0.25) is 19.4 Å². The van der Waals surface area contributed by atoms with Gasteiger partial charge in [-0.1, -0.05) is 25.2 Å². The van der Waals surface area contributed by atoms with Gasteiger partial charge in [-0.2, -0.15) is 0 Å². The molecule has 2 rings (SSSR count). The van der Waals surface area contributed by atoms with Gasteiger partial charge >= 0.3 is 6.09 Å². The quantitative estimate of drug-likeness (QED) is 0.581. The van der Waals surface area contributed by atoms with Crippen LogP contribution in [-0.2, 0) is 14.3 Å². The predicted molar refractivity (Wildman–Crippen MR) is 93.5 cm³/mol. The topological polar surface area (TPSA) is 66.9 Å². The number of ether oxygens (including phenoxy) is 1. The minimum absolute atomic E-state index is 0.106. The second-order valence-corrected chi connectivity index (χ2v) is 7.65. The molecule has 0 spiro atoms. The summed E-state index contributed by atoms with van der Waals surface area (Å²) in [4.78, 5) is 38.7. The van der Waals surface area contributed by atoms with Gasteiger partial charge in [0.1, 0.15) is 5.60 Å². The summed E-state index contributed by atoms with van der Waals surface area (Å²) in [6, 6.07) is -0.220. The zero-order valence-electron chi connectivity index (χ0n) is 15.6. The lowest BCUT2D eigenvalue weighted by atomic mass is 9.95. The molecule has 0 N–H and O–H groups in total. The van der Waals surface area contributed by atoms with Crippen molar-refractivity contribution in [2.45, 2.75) is 71.4 Å². The number of hydrogen-bond donors (Lipinski definition) is 0. The van der Waals surface area contributed by atoms with Gasteiger partial charge in [0.2, 0.25) is 11.8 Å². The zero-order valence-corrected chi connectivity index (χ0v) is 15.6. The second-order valence-electron chi connectivity index (χ2n) is 7.65. The first-order valence-corrected chi connectivity index (χ1v) is 9.04. The monoisotopic (exact) mass is 348 g/mol. The van der Waals surface area contributed by atoms with Crippen molar-refractivity contribution in [1.29, 1.82) is 0 Å². The smallest absolute Gasteiger partial charge is 0.411 e. The van der Waals surface area contributed by atoms with Crippen LogP contribution < -0.4 is 0 Å². The zero-order chi connectivity index (χ0) is 18.6. The van der Waals surface area contributed by atoms with Crippen molar-refractivity contribution in [3.8, 4) is 11.8 Å². The van der Waals surface area contributed by atoms with Gasteiger partial charge < -0.3 is 4.74 Å². The van der Waals surface area contributed by atoms with Crippen LogP contribution in [0.2, 0.25) is 0 Å². The number of amides is 3. The molecular weight excluding hydrogens is 320 g/mol. The third-order valence-electron chi connectivity index (χ3n) is 4.45. The predicted octanol–water partition coefficient (Wildman–Crippen LogP) is 2.56. The maximum absolute atomic E-state index is 12.5. The third-order valence-corrected chi connectivity index (χ3v) is 4.45. The second kappa shape index (κ2) is 7.90. The number of hydrogen-bond acceptors (Lipinski definition) is 4. The van der Waals surface area contributed by atoms with Crippen LogP contribution in [0.5, 0.6) is 0 Å². The van der Waals surface area contributed by atoms with Crippen molar-refractivity contribution in [3.63, 3.8) is 0 Å². The van der Waals surface area contributed by atoms with Crippen molar-refractivity contribution < 1.29 is 19.1 Å². The van der Waals surface area contributed by atoms with Gasteiger partial charge in [0, 0.05) is 19.4 Å². The Bertz CT molecular complexity index is 581. The Morgan fingerprint density at radius 2 is 1.88 bits per heavy atom. The molecule has 2 heterocycles. The Balaban J connectivity index is 2.09. The highest BCUT2D eigenvalue weighted by Crippen LogP contribution is 2.29. The van der Waals surface area contributed by atoms with Crippen LogP contribution in [0.3, 0.4) is 0 Å². The number of carbonyl (C=O) groups excluding carboxylic acids is 3. The first-order chi connectivity index (χ1) is 11.7. The fourth-order valence-corrected chi connectivity index (χ4v) is 3.28. The van der Waals surface area contributed by atoms with Crippen LogP contribution in [0, 0.1) is 17.8 Å². The molecule has 25 heavy (non-hydrogen) atoms. The summed E-state index contributed by atoms with van der Waals surface area (Å²) in [6.45, 7) is 8.37. The molecule has 0 saturated carbocycles. The molecule has 0 bridgehead atoms. The summed E-state index contributed by atoms with van der Waals surface area (Å²) in [5.41, 5.74) is -0.549. The molecule has 0 aromatic heterocycles. The van der Waals surface area contributed by atoms with Crippen molar-refractivity contribution in [1.82, 2.24) is 9.80 Å². The standard InChI is InChI=1S/C19H28N2O4/c1-5-7-14-11-13-20(18(24)25-19(2,3)4)15(14)8-6-12-21-16(22)9-10-17(21)23/h14-15H,5,7,9-13H2,1-4H3/t14-,15+/m1/s1. The molecule has 2 saturated heterocycles.